The van der Waals surface area contributed by atoms with E-state index in [-0.39, 0.29) is 11.6 Å². The first-order chi connectivity index (χ1) is 8.15. The van der Waals surface area contributed by atoms with Crippen LogP contribution in [0.1, 0.15) is 0 Å². The Morgan fingerprint density at radius 1 is 1.35 bits per heavy atom. The molecule has 17 heavy (non-hydrogen) atoms. The molecule has 0 atom stereocenters. The normalized spacial score (nSPS) is 9.88. The minimum atomic E-state index is -0.524. The summed E-state index contributed by atoms with van der Waals surface area (Å²) in [5, 5.41) is 10.4. The number of rotatable bonds is 3. The van der Waals surface area contributed by atoms with E-state index in [1.807, 2.05) is 0 Å². The van der Waals surface area contributed by atoms with Gasteiger partial charge in [0, 0.05) is 17.8 Å². The molecule has 0 aliphatic heterocycles. The van der Waals surface area contributed by atoms with Crippen LogP contribution in [-0.4, -0.2) is 9.91 Å². The topological polar surface area (TPSA) is 91.3 Å². The third-order valence-corrected chi connectivity index (χ3v) is 1.94. The van der Waals surface area contributed by atoms with E-state index in [2.05, 4.69) is 11.1 Å². The third kappa shape index (κ3) is 2.69. The van der Waals surface area contributed by atoms with E-state index in [9.17, 15) is 10.1 Å². The number of nitro groups is 1. The number of nitrogen functional groups attached to an aromatic ring is 1. The van der Waals surface area contributed by atoms with Gasteiger partial charge in [0.15, 0.2) is 0 Å². The molecule has 6 heteroatoms. The lowest BCUT2D eigenvalue weighted by molar-refractivity contribution is -0.385. The van der Waals surface area contributed by atoms with Crippen molar-refractivity contribution in [1.82, 2.24) is 4.98 Å². The zero-order valence-electron chi connectivity index (χ0n) is 8.66. The smallest absolute Gasteiger partial charge is 0.287 e. The Morgan fingerprint density at radius 2 is 2.18 bits per heavy atom. The van der Waals surface area contributed by atoms with Crippen molar-refractivity contribution in [2.75, 3.05) is 5.73 Å². The molecular weight excluding hydrogens is 222 g/mol. The number of hydrogen-bond donors (Lipinski definition) is 1. The first kappa shape index (κ1) is 10.9. The Balaban J connectivity index is 2.16. The zero-order valence-corrected chi connectivity index (χ0v) is 8.66. The largest absolute Gasteiger partial charge is 0.438 e. The van der Waals surface area contributed by atoms with E-state index in [0.717, 1.165) is 6.20 Å². The van der Waals surface area contributed by atoms with Gasteiger partial charge in [-0.1, -0.05) is 6.07 Å². The molecule has 0 unspecified atom stereocenters. The molecule has 0 fully saturated rings. The van der Waals surface area contributed by atoms with Crippen molar-refractivity contribution >= 4 is 11.4 Å². The average Bonchev–Trinajstić information content (AvgIpc) is 2.29. The lowest BCUT2D eigenvalue weighted by Gasteiger charge is -2.03. The van der Waals surface area contributed by atoms with Crippen LogP contribution in [0.15, 0.2) is 36.5 Å². The SMILES string of the molecule is Nc1[c]c(Oc2ccc([N+](=O)[O-])cn2)ccc1. The number of benzene rings is 1. The van der Waals surface area contributed by atoms with Crippen LogP contribution >= 0.6 is 0 Å². The molecule has 0 aliphatic carbocycles. The van der Waals surface area contributed by atoms with Crippen molar-refractivity contribution in [2.24, 2.45) is 0 Å². The number of nitrogens with zero attached hydrogens (tertiary/aromatic N) is 2. The molecule has 1 radical (unpaired) electrons. The number of nitrogens with two attached hydrogens (primary N) is 1. The van der Waals surface area contributed by atoms with Crippen molar-refractivity contribution in [3.63, 3.8) is 0 Å². The number of anilines is 1. The van der Waals surface area contributed by atoms with E-state index in [1.165, 1.54) is 12.1 Å². The van der Waals surface area contributed by atoms with Crippen LogP contribution in [-0.2, 0) is 0 Å². The van der Waals surface area contributed by atoms with Crippen LogP contribution < -0.4 is 10.5 Å². The van der Waals surface area contributed by atoms with Gasteiger partial charge in [-0.25, -0.2) is 4.98 Å². The first-order valence-corrected chi connectivity index (χ1v) is 4.71. The highest BCUT2D eigenvalue weighted by Gasteiger charge is 2.06. The minimum absolute atomic E-state index is 0.0890. The molecule has 2 N–H and O–H groups in total. The summed E-state index contributed by atoms with van der Waals surface area (Å²) in [7, 11) is 0. The molecule has 1 heterocycles. The van der Waals surface area contributed by atoms with Gasteiger partial charge in [-0.15, -0.1) is 0 Å². The summed E-state index contributed by atoms with van der Waals surface area (Å²) in [5.41, 5.74) is 5.89. The number of hydrogen-bond acceptors (Lipinski definition) is 5. The molecule has 0 spiro atoms. The van der Waals surface area contributed by atoms with Crippen molar-refractivity contribution in [3.8, 4) is 11.6 Å². The van der Waals surface area contributed by atoms with Gasteiger partial charge in [0.25, 0.3) is 5.69 Å². The zero-order chi connectivity index (χ0) is 12.3. The summed E-state index contributed by atoms with van der Waals surface area (Å²) in [4.78, 5) is 13.7. The van der Waals surface area contributed by atoms with Crippen LogP contribution in [0.2, 0.25) is 0 Å². The Hall–Kier alpha value is -2.63. The van der Waals surface area contributed by atoms with Crippen LogP contribution in [0.25, 0.3) is 0 Å². The monoisotopic (exact) mass is 230 g/mol. The van der Waals surface area contributed by atoms with Crippen LogP contribution in [0.5, 0.6) is 11.6 Å². The maximum Gasteiger partial charge on any atom is 0.287 e. The van der Waals surface area contributed by atoms with E-state index in [0.29, 0.717) is 11.4 Å². The van der Waals surface area contributed by atoms with Crippen LogP contribution in [0.4, 0.5) is 11.4 Å². The second-order valence-corrected chi connectivity index (χ2v) is 3.18. The Morgan fingerprint density at radius 3 is 2.76 bits per heavy atom. The molecule has 85 valence electrons. The average molecular weight is 230 g/mol. The number of ether oxygens (including phenoxy) is 1. The van der Waals surface area contributed by atoms with Crippen molar-refractivity contribution in [1.29, 1.82) is 0 Å². The summed E-state index contributed by atoms with van der Waals surface area (Å²) in [5.74, 6) is 0.656. The van der Waals surface area contributed by atoms with Gasteiger partial charge in [0.2, 0.25) is 5.88 Å². The van der Waals surface area contributed by atoms with Crippen LogP contribution in [0, 0.1) is 16.2 Å². The molecule has 0 saturated carbocycles. The molecular formula is C11H8N3O3. The standard InChI is InChI=1S/C11H8N3O3/c12-8-2-1-3-10(6-8)17-11-5-4-9(7-13-11)14(15)16/h1-5,7H,12H2. The lowest BCUT2D eigenvalue weighted by Crippen LogP contribution is -1.92. The predicted octanol–water partition coefficient (Wildman–Crippen LogP) is 2.16. The fourth-order valence-corrected chi connectivity index (χ4v) is 1.18. The van der Waals surface area contributed by atoms with E-state index in [4.69, 9.17) is 10.5 Å². The van der Waals surface area contributed by atoms with Gasteiger partial charge >= 0.3 is 0 Å². The second-order valence-electron chi connectivity index (χ2n) is 3.18. The number of aromatic nitrogens is 1. The Bertz CT molecular complexity index is 540. The predicted molar refractivity (Wildman–Crippen MR) is 60.7 cm³/mol. The summed E-state index contributed by atoms with van der Waals surface area (Å²) in [6, 6.07) is 10.6. The Labute approximate surface area is 96.8 Å². The van der Waals surface area contributed by atoms with Gasteiger partial charge in [0.1, 0.15) is 11.9 Å². The highest BCUT2D eigenvalue weighted by Crippen LogP contribution is 2.21. The fourth-order valence-electron chi connectivity index (χ4n) is 1.18. The van der Waals surface area contributed by atoms with E-state index >= 15 is 0 Å². The minimum Gasteiger partial charge on any atom is -0.438 e. The summed E-state index contributed by atoms with van der Waals surface area (Å²) < 4.78 is 5.32. The van der Waals surface area contributed by atoms with Gasteiger partial charge < -0.3 is 10.5 Å². The molecule has 0 aliphatic rings. The van der Waals surface area contributed by atoms with Crippen molar-refractivity contribution < 1.29 is 9.66 Å². The summed E-state index contributed by atoms with van der Waals surface area (Å²) in [6.07, 6.45) is 1.13. The maximum atomic E-state index is 10.4. The molecule has 1 aromatic carbocycles. The molecule has 0 bridgehead atoms. The fraction of sp³-hybridized carbons (Fsp3) is 0. The maximum absolute atomic E-state index is 10.4. The van der Waals surface area contributed by atoms with Gasteiger partial charge in [0.05, 0.1) is 11.0 Å². The highest BCUT2D eigenvalue weighted by molar-refractivity contribution is 5.43. The highest BCUT2D eigenvalue weighted by atomic mass is 16.6. The van der Waals surface area contributed by atoms with E-state index in [1.54, 1.807) is 18.2 Å². The Kier molecular flexibility index (Phi) is 2.87. The molecule has 6 nitrogen and oxygen atoms in total. The molecule has 1 aromatic heterocycles. The first-order valence-electron chi connectivity index (χ1n) is 4.71. The van der Waals surface area contributed by atoms with Crippen molar-refractivity contribution in [3.05, 3.63) is 52.7 Å². The molecule has 2 aromatic rings. The molecule has 2 rings (SSSR count). The van der Waals surface area contributed by atoms with Gasteiger partial charge in [-0.05, 0) is 12.1 Å². The number of pyridine rings is 1. The molecule has 0 saturated heterocycles. The second kappa shape index (κ2) is 4.48. The quantitative estimate of drug-likeness (QED) is 0.495. The van der Waals surface area contributed by atoms with Crippen LogP contribution in [0.3, 0.4) is 0 Å². The molecule has 0 amide bonds. The van der Waals surface area contributed by atoms with E-state index < -0.39 is 4.92 Å². The van der Waals surface area contributed by atoms with Crippen molar-refractivity contribution in [2.45, 2.75) is 0 Å². The van der Waals surface area contributed by atoms with Gasteiger partial charge in [-0.3, -0.25) is 10.1 Å². The summed E-state index contributed by atoms with van der Waals surface area (Å²) >= 11 is 0. The third-order valence-electron chi connectivity index (χ3n) is 1.94. The lowest BCUT2D eigenvalue weighted by atomic mass is 10.3. The van der Waals surface area contributed by atoms with Gasteiger partial charge in [-0.2, -0.15) is 0 Å². The summed E-state index contributed by atoms with van der Waals surface area (Å²) in [6.45, 7) is 0.